The van der Waals surface area contributed by atoms with Gasteiger partial charge in [-0.3, -0.25) is 14.7 Å². The van der Waals surface area contributed by atoms with Crippen molar-refractivity contribution in [2.75, 3.05) is 12.9 Å². The molecule has 0 aliphatic heterocycles. The molecule has 3 N–H and O–H groups in total. The van der Waals surface area contributed by atoms with Crippen molar-refractivity contribution in [3.05, 3.63) is 30.0 Å². The molecular weight excluding hydrogens is 425 g/mol. The lowest BCUT2D eigenvalue weighted by Gasteiger charge is -2.24. The molecule has 1 fully saturated rings. The number of hydrogen-bond donors (Lipinski definition) is 3. The number of aliphatic hydroxyl groups is 1. The highest BCUT2D eigenvalue weighted by Gasteiger charge is 2.54. The van der Waals surface area contributed by atoms with Crippen molar-refractivity contribution in [3.8, 4) is 23.7 Å². The van der Waals surface area contributed by atoms with Crippen LogP contribution in [0, 0.1) is 29.6 Å². The first-order chi connectivity index (χ1) is 14.5. The smallest absolute Gasteiger partial charge is 0.264 e. The molecule has 0 saturated heterocycles. The molecule has 3 rings (SSSR count). The summed E-state index contributed by atoms with van der Waals surface area (Å²) in [5.41, 5.74) is 1.16. The van der Waals surface area contributed by atoms with E-state index in [1.165, 1.54) is 17.1 Å². The minimum atomic E-state index is -3.79. The van der Waals surface area contributed by atoms with Gasteiger partial charge in [0.1, 0.15) is 5.67 Å². The van der Waals surface area contributed by atoms with E-state index in [0.717, 1.165) is 11.6 Å². The van der Waals surface area contributed by atoms with Crippen molar-refractivity contribution in [1.82, 2.24) is 15.3 Å². The van der Waals surface area contributed by atoms with Crippen LogP contribution in [-0.4, -0.2) is 57.7 Å². The third-order valence-electron chi connectivity index (χ3n) is 5.56. The van der Waals surface area contributed by atoms with E-state index < -0.39 is 38.7 Å². The van der Waals surface area contributed by atoms with Gasteiger partial charge in [-0.25, -0.2) is 18.3 Å². The lowest BCUT2D eigenvalue weighted by molar-refractivity contribution is -0.131. The number of halogens is 1. The van der Waals surface area contributed by atoms with Gasteiger partial charge in [0.05, 0.1) is 18.0 Å². The summed E-state index contributed by atoms with van der Waals surface area (Å²) in [7, 11) is -3.79. The van der Waals surface area contributed by atoms with Gasteiger partial charge >= 0.3 is 0 Å². The zero-order valence-electron chi connectivity index (χ0n) is 17.0. The molecule has 3 atom stereocenters. The van der Waals surface area contributed by atoms with Crippen LogP contribution in [-0.2, 0) is 21.2 Å². The van der Waals surface area contributed by atoms with Crippen molar-refractivity contribution in [2.45, 2.75) is 36.7 Å². The standard InChI is InChI=1S/C21H22FN3O5S/c1-20(19(27)24-28,31(2,29)30)9-10-25-13-16-11-15(7-8-18(16)23-25)5-3-4-6-17-12-21(17,22)14-26/h7-8,11,13,17,26,28H,9-10,12,14H2,1-2H3,(H,24,27)/t17?,20-,21+/m1/s1. The number of hydroxylamine groups is 1. The number of nitrogens with zero attached hydrogens (tertiary/aromatic N) is 2. The SMILES string of the molecule is C[C@@](CCn1cc2cc(C#CC#CC3C[C@]3(F)CO)ccc2n1)(C(=O)NO)S(C)(=O)=O. The minimum absolute atomic E-state index is 0.0838. The number of benzene rings is 1. The number of sulfone groups is 1. The second kappa shape index (κ2) is 8.31. The van der Waals surface area contributed by atoms with Crippen molar-refractivity contribution in [3.63, 3.8) is 0 Å². The summed E-state index contributed by atoms with van der Waals surface area (Å²) in [6.07, 6.45) is 2.78. The molecule has 1 saturated carbocycles. The second-order valence-electron chi connectivity index (χ2n) is 7.83. The molecule has 1 unspecified atom stereocenters. The van der Waals surface area contributed by atoms with E-state index >= 15 is 0 Å². The molecular formula is C21H22FN3O5S. The average molecular weight is 447 g/mol. The molecule has 1 aromatic carbocycles. The Bertz CT molecular complexity index is 1250. The quantitative estimate of drug-likeness (QED) is 0.342. The van der Waals surface area contributed by atoms with E-state index in [1.54, 1.807) is 24.4 Å². The van der Waals surface area contributed by atoms with Crippen LogP contribution in [0.3, 0.4) is 0 Å². The Labute approximate surface area is 179 Å². The van der Waals surface area contributed by atoms with Gasteiger partial charge in [-0.15, -0.1) is 0 Å². The van der Waals surface area contributed by atoms with Crippen LogP contribution in [0.15, 0.2) is 24.4 Å². The maximum absolute atomic E-state index is 13.6. The van der Waals surface area contributed by atoms with Crippen molar-refractivity contribution in [1.29, 1.82) is 0 Å². The summed E-state index contributed by atoms with van der Waals surface area (Å²) in [6, 6.07) is 5.28. The van der Waals surface area contributed by atoms with E-state index in [-0.39, 0.29) is 19.4 Å². The van der Waals surface area contributed by atoms with Gasteiger partial charge in [0, 0.05) is 36.4 Å². The number of alkyl halides is 1. The van der Waals surface area contributed by atoms with Crippen molar-refractivity contribution in [2.24, 2.45) is 5.92 Å². The van der Waals surface area contributed by atoms with Crippen LogP contribution in [0.25, 0.3) is 10.9 Å². The fourth-order valence-corrected chi connectivity index (χ4v) is 3.89. The first kappa shape index (κ1) is 22.8. The highest BCUT2D eigenvalue weighted by molar-refractivity contribution is 7.92. The topological polar surface area (TPSA) is 122 Å². The zero-order valence-corrected chi connectivity index (χ0v) is 17.8. The zero-order chi connectivity index (χ0) is 22.9. The van der Waals surface area contributed by atoms with Gasteiger partial charge in [-0.1, -0.05) is 11.8 Å². The molecule has 1 amide bonds. The predicted molar refractivity (Wildman–Crippen MR) is 111 cm³/mol. The highest BCUT2D eigenvalue weighted by atomic mass is 32.2. The number of fused-ring (bicyclic) bond motifs is 1. The molecule has 0 radical (unpaired) electrons. The number of carbonyl (C=O) groups excluding carboxylic acids is 1. The molecule has 10 heteroatoms. The average Bonchev–Trinajstić information content (AvgIpc) is 3.20. The normalized spacial score (nSPS) is 21.9. The molecule has 164 valence electrons. The maximum Gasteiger partial charge on any atom is 0.264 e. The highest BCUT2D eigenvalue weighted by Crippen LogP contribution is 2.46. The molecule has 2 aromatic rings. The lowest BCUT2D eigenvalue weighted by atomic mass is 10.1. The number of aromatic nitrogens is 2. The number of hydrogen-bond acceptors (Lipinski definition) is 6. The van der Waals surface area contributed by atoms with Gasteiger partial charge < -0.3 is 5.11 Å². The van der Waals surface area contributed by atoms with Crippen LogP contribution < -0.4 is 5.48 Å². The summed E-state index contributed by atoms with van der Waals surface area (Å²) < 4.78 is 37.4. The molecule has 8 nitrogen and oxygen atoms in total. The van der Waals surface area contributed by atoms with Gasteiger partial charge in [-0.05, 0) is 43.4 Å². The Morgan fingerprint density at radius 3 is 2.81 bits per heavy atom. The first-order valence-corrected chi connectivity index (χ1v) is 11.3. The van der Waals surface area contributed by atoms with Gasteiger partial charge in [-0.2, -0.15) is 5.10 Å². The van der Waals surface area contributed by atoms with Gasteiger partial charge in [0.2, 0.25) is 0 Å². The number of aliphatic hydroxyl groups excluding tert-OH is 1. The Morgan fingerprint density at radius 1 is 1.45 bits per heavy atom. The van der Waals surface area contributed by atoms with Gasteiger partial charge in [0.25, 0.3) is 5.91 Å². The maximum atomic E-state index is 13.6. The summed E-state index contributed by atoms with van der Waals surface area (Å²) >= 11 is 0. The van der Waals surface area contributed by atoms with Crippen LogP contribution >= 0.6 is 0 Å². The monoisotopic (exact) mass is 447 g/mol. The third-order valence-corrected chi connectivity index (χ3v) is 7.58. The molecule has 0 bridgehead atoms. The molecule has 31 heavy (non-hydrogen) atoms. The van der Waals surface area contributed by atoms with E-state index in [0.29, 0.717) is 11.1 Å². The number of carbonyl (C=O) groups is 1. The van der Waals surface area contributed by atoms with Crippen LogP contribution in [0.1, 0.15) is 25.3 Å². The molecule has 1 aliphatic rings. The first-order valence-electron chi connectivity index (χ1n) is 9.45. The minimum Gasteiger partial charge on any atom is -0.393 e. The Kier molecular flexibility index (Phi) is 6.10. The summed E-state index contributed by atoms with van der Waals surface area (Å²) in [5.74, 6) is 9.36. The summed E-state index contributed by atoms with van der Waals surface area (Å²) in [5, 5.41) is 22.9. The van der Waals surface area contributed by atoms with E-state index in [9.17, 15) is 17.6 Å². The number of rotatable bonds is 6. The molecule has 0 spiro atoms. The van der Waals surface area contributed by atoms with Crippen LogP contribution in [0.5, 0.6) is 0 Å². The number of amides is 1. The van der Waals surface area contributed by atoms with Crippen molar-refractivity contribution >= 4 is 26.6 Å². The molecule has 1 aliphatic carbocycles. The van der Waals surface area contributed by atoms with Crippen LogP contribution in [0.4, 0.5) is 4.39 Å². The lowest BCUT2D eigenvalue weighted by Crippen LogP contribution is -2.49. The summed E-state index contributed by atoms with van der Waals surface area (Å²) in [6.45, 7) is 0.852. The summed E-state index contributed by atoms with van der Waals surface area (Å²) in [4.78, 5) is 11.9. The van der Waals surface area contributed by atoms with Gasteiger partial charge in [0.15, 0.2) is 14.6 Å². The van der Waals surface area contributed by atoms with E-state index in [2.05, 4.69) is 28.8 Å². The largest absolute Gasteiger partial charge is 0.393 e. The Balaban J connectivity index is 1.72. The fourth-order valence-electron chi connectivity index (χ4n) is 3.04. The third kappa shape index (κ3) is 4.72. The predicted octanol–water partition coefficient (Wildman–Crippen LogP) is 0.811. The fraction of sp³-hybridized carbons (Fsp3) is 0.429. The number of aryl methyl sites for hydroxylation is 1. The Morgan fingerprint density at radius 2 is 2.19 bits per heavy atom. The van der Waals surface area contributed by atoms with E-state index in [1.807, 2.05) is 0 Å². The van der Waals surface area contributed by atoms with Crippen LogP contribution in [0.2, 0.25) is 0 Å². The Hall–Kier alpha value is -2.92. The number of nitrogens with one attached hydrogen (secondary N) is 1. The second-order valence-corrected chi connectivity index (χ2v) is 10.3. The van der Waals surface area contributed by atoms with E-state index in [4.69, 9.17) is 10.3 Å². The van der Waals surface area contributed by atoms with Crippen molar-refractivity contribution < 1.29 is 27.9 Å². The molecule has 1 aromatic heterocycles. The molecule has 1 heterocycles.